The van der Waals surface area contributed by atoms with Gasteiger partial charge < -0.3 is 24.4 Å². The van der Waals surface area contributed by atoms with Crippen LogP contribution in [0.4, 0.5) is 5.69 Å². The summed E-state index contributed by atoms with van der Waals surface area (Å²) < 4.78 is 15.9. The van der Waals surface area contributed by atoms with Crippen molar-refractivity contribution in [3.8, 4) is 17.2 Å². The average Bonchev–Trinajstić information content (AvgIpc) is 2.73. The molecule has 0 saturated heterocycles. The highest BCUT2D eigenvalue weighted by molar-refractivity contribution is 5.98. The summed E-state index contributed by atoms with van der Waals surface area (Å²) in [7, 11) is 6.18. The number of nitrogens with one attached hydrogen (secondary N) is 1. The third-order valence-corrected chi connectivity index (χ3v) is 4.84. The Hall–Kier alpha value is -3.48. The topological polar surface area (TPSA) is 77.1 Å². The van der Waals surface area contributed by atoms with Crippen LogP contribution in [0.15, 0.2) is 30.3 Å². The Morgan fingerprint density at radius 2 is 1.45 bits per heavy atom. The maximum Gasteiger partial charge on any atom is 0.246 e. The van der Waals surface area contributed by atoms with Gasteiger partial charge in [0.1, 0.15) is 5.75 Å². The van der Waals surface area contributed by atoms with Gasteiger partial charge in [0.05, 0.1) is 27.9 Å². The minimum absolute atomic E-state index is 0.0704. The van der Waals surface area contributed by atoms with Gasteiger partial charge in [0.15, 0.2) is 11.5 Å². The molecule has 7 heteroatoms. The maximum atomic E-state index is 12.5. The second kappa shape index (κ2) is 10.5. The number of anilines is 1. The standard InChI is InChI=1S/C24H30N2O5/c1-15-10-16(2)24(17(3)11-15)25-22(27)14-26(4)23(28)9-8-18-12-20(30-6)21(31-7)13-19(18)29-5/h8-13H,14H2,1-7H3,(H,25,27)/b9-8+. The molecule has 0 aliphatic heterocycles. The van der Waals surface area contributed by atoms with E-state index in [0.717, 1.165) is 22.4 Å². The largest absolute Gasteiger partial charge is 0.496 e. The van der Waals surface area contributed by atoms with Gasteiger partial charge in [-0.05, 0) is 44.0 Å². The van der Waals surface area contributed by atoms with E-state index in [1.165, 1.54) is 32.3 Å². The first kappa shape index (κ1) is 23.8. The number of amides is 2. The summed E-state index contributed by atoms with van der Waals surface area (Å²) in [5, 5.41) is 2.90. The van der Waals surface area contributed by atoms with Gasteiger partial charge in [-0.2, -0.15) is 0 Å². The van der Waals surface area contributed by atoms with Gasteiger partial charge in [-0.15, -0.1) is 0 Å². The third-order valence-electron chi connectivity index (χ3n) is 4.84. The van der Waals surface area contributed by atoms with Gasteiger partial charge in [0, 0.05) is 30.4 Å². The first-order valence-electron chi connectivity index (χ1n) is 9.81. The molecule has 0 unspecified atom stereocenters. The summed E-state index contributed by atoms with van der Waals surface area (Å²) in [5.74, 6) is 1.00. The second-order valence-corrected chi connectivity index (χ2v) is 7.30. The van der Waals surface area contributed by atoms with E-state index in [1.807, 2.05) is 32.9 Å². The number of benzene rings is 2. The first-order valence-corrected chi connectivity index (χ1v) is 9.81. The monoisotopic (exact) mass is 426 g/mol. The number of hydrogen-bond acceptors (Lipinski definition) is 5. The molecule has 2 amide bonds. The van der Waals surface area contributed by atoms with E-state index < -0.39 is 0 Å². The van der Waals surface area contributed by atoms with E-state index in [0.29, 0.717) is 22.8 Å². The van der Waals surface area contributed by atoms with Crippen molar-refractivity contribution in [2.24, 2.45) is 0 Å². The number of ether oxygens (including phenoxy) is 3. The van der Waals surface area contributed by atoms with Crippen LogP contribution >= 0.6 is 0 Å². The third kappa shape index (κ3) is 6.01. The molecule has 7 nitrogen and oxygen atoms in total. The first-order chi connectivity index (χ1) is 14.7. The molecule has 2 rings (SSSR count). The van der Waals surface area contributed by atoms with Gasteiger partial charge in [-0.3, -0.25) is 9.59 Å². The molecular weight excluding hydrogens is 396 g/mol. The predicted octanol–water partition coefficient (Wildman–Crippen LogP) is 3.75. The lowest BCUT2D eigenvalue weighted by molar-refractivity contribution is -0.129. The summed E-state index contributed by atoms with van der Waals surface area (Å²) in [6.07, 6.45) is 3.01. The lowest BCUT2D eigenvalue weighted by atomic mass is 10.1. The molecule has 166 valence electrons. The van der Waals surface area contributed by atoms with Crippen LogP contribution in [0.1, 0.15) is 22.3 Å². The van der Waals surface area contributed by atoms with Gasteiger partial charge in [-0.25, -0.2) is 0 Å². The molecule has 2 aromatic carbocycles. The Kier molecular flexibility index (Phi) is 8.07. The summed E-state index contributed by atoms with van der Waals surface area (Å²) in [4.78, 5) is 26.3. The molecule has 0 spiro atoms. The molecule has 0 bridgehead atoms. The molecule has 0 aliphatic carbocycles. The number of likely N-dealkylation sites (N-methyl/N-ethyl adjacent to an activating group) is 1. The van der Waals surface area contributed by atoms with Crippen molar-refractivity contribution in [3.05, 3.63) is 52.6 Å². The summed E-state index contributed by atoms with van der Waals surface area (Å²) in [5.41, 5.74) is 4.54. The average molecular weight is 427 g/mol. The van der Waals surface area contributed by atoms with Crippen LogP contribution in [-0.2, 0) is 9.59 Å². The van der Waals surface area contributed by atoms with Crippen LogP contribution in [0, 0.1) is 20.8 Å². The Bertz CT molecular complexity index is 975. The number of hydrogen-bond donors (Lipinski definition) is 1. The lowest BCUT2D eigenvalue weighted by Crippen LogP contribution is -2.34. The molecule has 0 radical (unpaired) electrons. The van der Waals surface area contributed by atoms with Crippen molar-refractivity contribution in [1.29, 1.82) is 0 Å². The van der Waals surface area contributed by atoms with Gasteiger partial charge in [0.2, 0.25) is 11.8 Å². The summed E-state index contributed by atoms with van der Waals surface area (Å²) in [6.45, 7) is 5.84. The minimum atomic E-state index is -0.315. The number of carbonyl (C=O) groups excluding carboxylic acids is 2. The van der Waals surface area contributed by atoms with E-state index in [1.54, 1.807) is 25.3 Å². The zero-order valence-corrected chi connectivity index (χ0v) is 19.2. The molecule has 1 N–H and O–H groups in total. The van der Waals surface area contributed by atoms with Crippen molar-refractivity contribution < 1.29 is 23.8 Å². The minimum Gasteiger partial charge on any atom is -0.496 e. The van der Waals surface area contributed by atoms with Gasteiger partial charge in [-0.1, -0.05) is 17.7 Å². The highest BCUT2D eigenvalue weighted by Crippen LogP contribution is 2.35. The van der Waals surface area contributed by atoms with Crippen LogP contribution in [0.5, 0.6) is 17.2 Å². The van der Waals surface area contributed by atoms with Crippen LogP contribution in [-0.4, -0.2) is 51.6 Å². The zero-order valence-electron chi connectivity index (χ0n) is 19.2. The second-order valence-electron chi connectivity index (χ2n) is 7.30. The van der Waals surface area contributed by atoms with E-state index in [-0.39, 0.29) is 18.4 Å². The molecule has 0 fully saturated rings. The SMILES string of the molecule is COc1cc(OC)c(OC)cc1/C=C/C(=O)N(C)CC(=O)Nc1c(C)cc(C)cc1C. The summed E-state index contributed by atoms with van der Waals surface area (Å²) >= 11 is 0. The smallest absolute Gasteiger partial charge is 0.246 e. The van der Waals surface area contributed by atoms with Crippen LogP contribution < -0.4 is 19.5 Å². The summed E-state index contributed by atoms with van der Waals surface area (Å²) in [6, 6.07) is 7.43. The van der Waals surface area contributed by atoms with Crippen molar-refractivity contribution in [1.82, 2.24) is 4.90 Å². The molecule has 0 aliphatic rings. The van der Waals surface area contributed by atoms with Crippen LogP contribution in [0.3, 0.4) is 0 Å². The van der Waals surface area contributed by atoms with Crippen LogP contribution in [0.2, 0.25) is 0 Å². The quantitative estimate of drug-likeness (QED) is 0.651. The van der Waals surface area contributed by atoms with E-state index in [2.05, 4.69) is 5.32 Å². The fourth-order valence-electron chi connectivity index (χ4n) is 3.32. The predicted molar refractivity (Wildman–Crippen MR) is 122 cm³/mol. The van der Waals surface area contributed by atoms with Crippen LogP contribution in [0.25, 0.3) is 6.08 Å². The molecule has 2 aromatic rings. The molecule has 0 atom stereocenters. The highest BCUT2D eigenvalue weighted by Gasteiger charge is 2.14. The molecule has 0 aromatic heterocycles. The van der Waals surface area contributed by atoms with Crippen molar-refractivity contribution >= 4 is 23.6 Å². The fourth-order valence-corrected chi connectivity index (χ4v) is 3.32. The number of methoxy groups -OCH3 is 3. The number of rotatable bonds is 8. The zero-order chi connectivity index (χ0) is 23.1. The van der Waals surface area contributed by atoms with Gasteiger partial charge >= 0.3 is 0 Å². The number of nitrogens with zero attached hydrogens (tertiary/aromatic N) is 1. The number of carbonyl (C=O) groups is 2. The van der Waals surface area contributed by atoms with E-state index >= 15 is 0 Å². The van der Waals surface area contributed by atoms with Crippen molar-refractivity contribution in [2.45, 2.75) is 20.8 Å². The molecule has 0 saturated carbocycles. The fraction of sp³-hybridized carbons (Fsp3) is 0.333. The Morgan fingerprint density at radius 3 is 2.00 bits per heavy atom. The Labute approximate surface area is 183 Å². The van der Waals surface area contributed by atoms with E-state index in [9.17, 15) is 9.59 Å². The Balaban J connectivity index is 2.09. The Morgan fingerprint density at radius 1 is 0.903 bits per heavy atom. The van der Waals surface area contributed by atoms with E-state index in [4.69, 9.17) is 14.2 Å². The van der Waals surface area contributed by atoms with Gasteiger partial charge in [0.25, 0.3) is 0 Å². The van der Waals surface area contributed by atoms with Crippen molar-refractivity contribution in [3.63, 3.8) is 0 Å². The molecular formula is C24H30N2O5. The maximum absolute atomic E-state index is 12.5. The highest BCUT2D eigenvalue weighted by atomic mass is 16.5. The normalized spacial score (nSPS) is 10.7. The molecule has 31 heavy (non-hydrogen) atoms. The molecule has 0 heterocycles. The number of aryl methyl sites for hydroxylation is 3. The lowest BCUT2D eigenvalue weighted by Gasteiger charge is -2.17. The van der Waals surface area contributed by atoms with Crippen molar-refractivity contribution in [2.75, 3.05) is 40.2 Å².